The number of amides is 3. The first-order chi connectivity index (χ1) is 15.6. The minimum Gasteiger partial charge on any atom is -0.497 e. The molecule has 0 aromatic heterocycles. The molecule has 32 heavy (non-hydrogen) atoms. The Kier molecular flexibility index (Phi) is 8.50. The fraction of sp³-hybridized carbons (Fsp3) is 0.200. The van der Waals surface area contributed by atoms with Crippen LogP contribution < -0.4 is 26.0 Å². The van der Waals surface area contributed by atoms with Gasteiger partial charge in [0.05, 0.1) is 7.11 Å². The van der Waals surface area contributed by atoms with Gasteiger partial charge in [-0.05, 0) is 42.0 Å². The molecule has 0 saturated heterocycles. The van der Waals surface area contributed by atoms with Gasteiger partial charge in [0, 0.05) is 30.9 Å². The molecule has 0 bridgehead atoms. The van der Waals surface area contributed by atoms with Crippen molar-refractivity contribution in [1.82, 2.24) is 10.6 Å². The quantitative estimate of drug-likeness (QED) is 0.368. The van der Waals surface area contributed by atoms with Gasteiger partial charge in [0.2, 0.25) is 5.91 Å². The first kappa shape index (κ1) is 22.7. The summed E-state index contributed by atoms with van der Waals surface area (Å²) in [6.07, 6.45) is 0.390. The summed E-state index contributed by atoms with van der Waals surface area (Å²) in [5, 5.41) is 11.7. The number of nitrogens with one attached hydrogen (secondary N) is 4. The van der Waals surface area contributed by atoms with Crippen molar-refractivity contribution < 1.29 is 14.3 Å². The maximum atomic E-state index is 12.8. The Hall–Kier alpha value is -4.00. The second-order valence-electron chi connectivity index (χ2n) is 7.15. The molecule has 3 rings (SSSR count). The van der Waals surface area contributed by atoms with Crippen molar-refractivity contribution in [2.45, 2.75) is 12.5 Å². The highest BCUT2D eigenvalue weighted by Gasteiger charge is 2.21. The molecule has 3 aromatic carbocycles. The molecule has 0 fully saturated rings. The van der Waals surface area contributed by atoms with Gasteiger partial charge in [-0.2, -0.15) is 0 Å². The molecule has 0 unspecified atom stereocenters. The van der Waals surface area contributed by atoms with Crippen LogP contribution in [0.3, 0.4) is 0 Å². The van der Waals surface area contributed by atoms with Crippen molar-refractivity contribution in [1.29, 1.82) is 0 Å². The van der Waals surface area contributed by atoms with Gasteiger partial charge in [0.1, 0.15) is 11.8 Å². The van der Waals surface area contributed by atoms with Gasteiger partial charge in [-0.15, -0.1) is 0 Å². The molecule has 3 aromatic rings. The molecular formula is C25H28N4O3. The van der Waals surface area contributed by atoms with Gasteiger partial charge >= 0.3 is 6.03 Å². The van der Waals surface area contributed by atoms with Crippen LogP contribution in [0.25, 0.3) is 0 Å². The van der Waals surface area contributed by atoms with Gasteiger partial charge in [-0.3, -0.25) is 4.79 Å². The standard InChI is InChI=1S/C25H28N4O3/c1-32-22-14-12-20(13-15-22)26-16-17-27-24(30)23(18-19-8-4-2-5-9-19)29-25(31)28-21-10-6-3-7-11-21/h2-15,23,26H,16-18H2,1H3,(H,27,30)(H2,28,29,31)/t23-/m0/s1. The van der Waals surface area contributed by atoms with Crippen molar-refractivity contribution in [3.8, 4) is 5.75 Å². The second-order valence-corrected chi connectivity index (χ2v) is 7.15. The number of hydrogen-bond acceptors (Lipinski definition) is 4. The molecule has 1 atom stereocenters. The van der Waals surface area contributed by atoms with E-state index in [9.17, 15) is 9.59 Å². The monoisotopic (exact) mass is 432 g/mol. The van der Waals surface area contributed by atoms with E-state index in [2.05, 4.69) is 21.3 Å². The van der Waals surface area contributed by atoms with Crippen molar-refractivity contribution in [2.24, 2.45) is 0 Å². The number of carbonyl (C=O) groups excluding carboxylic acids is 2. The summed E-state index contributed by atoms with van der Waals surface area (Å²) in [5.74, 6) is 0.543. The Bertz CT molecular complexity index is 979. The lowest BCUT2D eigenvalue weighted by molar-refractivity contribution is -0.122. The highest BCUT2D eigenvalue weighted by atomic mass is 16.5. The normalized spacial score (nSPS) is 11.2. The maximum absolute atomic E-state index is 12.8. The van der Waals surface area contributed by atoms with E-state index in [0.717, 1.165) is 17.0 Å². The number of urea groups is 1. The van der Waals surface area contributed by atoms with Crippen LogP contribution >= 0.6 is 0 Å². The van der Waals surface area contributed by atoms with Crippen LogP contribution in [0.4, 0.5) is 16.2 Å². The molecular weight excluding hydrogens is 404 g/mol. The van der Waals surface area contributed by atoms with Crippen LogP contribution in [0.1, 0.15) is 5.56 Å². The summed E-state index contributed by atoms with van der Waals surface area (Å²) in [5.41, 5.74) is 2.55. The Morgan fingerprint density at radius 3 is 2.12 bits per heavy atom. The van der Waals surface area contributed by atoms with E-state index in [-0.39, 0.29) is 5.91 Å². The van der Waals surface area contributed by atoms with Crippen molar-refractivity contribution in [3.63, 3.8) is 0 Å². The third kappa shape index (κ3) is 7.36. The molecule has 166 valence electrons. The van der Waals surface area contributed by atoms with E-state index in [0.29, 0.717) is 25.2 Å². The third-order valence-corrected chi connectivity index (χ3v) is 4.78. The zero-order valence-corrected chi connectivity index (χ0v) is 18.0. The topological polar surface area (TPSA) is 91.5 Å². The molecule has 7 nitrogen and oxygen atoms in total. The maximum Gasteiger partial charge on any atom is 0.319 e. The summed E-state index contributed by atoms with van der Waals surface area (Å²) < 4.78 is 5.15. The number of benzene rings is 3. The number of carbonyl (C=O) groups is 2. The molecule has 0 saturated carbocycles. The molecule has 0 heterocycles. The summed E-state index contributed by atoms with van der Waals surface area (Å²) >= 11 is 0. The molecule has 0 aliphatic heterocycles. The zero-order valence-electron chi connectivity index (χ0n) is 18.0. The Balaban J connectivity index is 1.53. The van der Waals surface area contributed by atoms with E-state index in [1.807, 2.05) is 72.8 Å². The van der Waals surface area contributed by atoms with Crippen LogP contribution in [-0.4, -0.2) is 38.2 Å². The molecule has 0 aliphatic carbocycles. The second kappa shape index (κ2) is 12.0. The smallest absolute Gasteiger partial charge is 0.319 e. The van der Waals surface area contributed by atoms with E-state index in [1.165, 1.54) is 0 Å². The fourth-order valence-corrected chi connectivity index (χ4v) is 3.13. The summed E-state index contributed by atoms with van der Waals surface area (Å²) in [4.78, 5) is 25.3. The highest BCUT2D eigenvalue weighted by molar-refractivity contribution is 5.93. The molecule has 0 aliphatic rings. The van der Waals surface area contributed by atoms with Gasteiger partial charge in [0.15, 0.2) is 0 Å². The van der Waals surface area contributed by atoms with Crippen LogP contribution in [0.2, 0.25) is 0 Å². The average Bonchev–Trinajstić information content (AvgIpc) is 2.83. The first-order valence-corrected chi connectivity index (χ1v) is 10.5. The van der Waals surface area contributed by atoms with E-state index in [4.69, 9.17) is 4.74 Å². The SMILES string of the molecule is COc1ccc(NCCNC(=O)[C@H](Cc2ccccc2)NC(=O)Nc2ccccc2)cc1. The predicted octanol–water partition coefficient (Wildman–Crippen LogP) is 3.66. The molecule has 3 amide bonds. The number of para-hydroxylation sites is 1. The summed E-state index contributed by atoms with van der Waals surface area (Å²) in [6.45, 7) is 0.963. The lowest BCUT2D eigenvalue weighted by atomic mass is 10.1. The molecule has 7 heteroatoms. The largest absolute Gasteiger partial charge is 0.497 e. The van der Waals surface area contributed by atoms with Crippen LogP contribution in [0.5, 0.6) is 5.75 Å². The fourth-order valence-electron chi connectivity index (χ4n) is 3.13. The van der Waals surface area contributed by atoms with Crippen LogP contribution in [-0.2, 0) is 11.2 Å². The van der Waals surface area contributed by atoms with E-state index >= 15 is 0 Å². The van der Waals surface area contributed by atoms with Crippen LogP contribution in [0.15, 0.2) is 84.9 Å². The third-order valence-electron chi connectivity index (χ3n) is 4.78. The minimum absolute atomic E-state index is 0.242. The van der Waals surface area contributed by atoms with Crippen molar-refractivity contribution in [3.05, 3.63) is 90.5 Å². The number of rotatable bonds is 10. The zero-order chi connectivity index (χ0) is 22.6. The number of hydrogen-bond donors (Lipinski definition) is 4. The number of ether oxygens (including phenoxy) is 1. The lowest BCUT2D eigenvalue weighted by Gasteiger charge is -2.19. The van der Waals surface area contributed by atoms with Gasteiger partial charge in [-0.25, -0.2) is 4.79 Å². The first-order valence-electron chi connectivity index (χ1n) is 10.5. The van der Waals surface area contributed by atoms with E-state index < -0.39 is 12.1 Å². The average molecular weight is 433 g/mol. The number of methoxy groups -OCH3 is 1. The summed E-state index contributed by atoms with van der Waals surface area (Å²) in [7, 11) is 1.62. The van der Waals surface area contributed by atoms with Gasteiger partial charge in [0.25, 0.3) is 0 Å². The van der Waals surface area contributed by atoms with Crippen LogP contribution in [0, 0.1) is 0 Å². The minimum atomic E-state index is -0.706. The van der Waals surface area contributed by atoms with Gasteiger partial charge in [-0.1, -0.05) is 48.5 Å². The lowest BCUT2D eigenvalue weighted by Crippen LogP contribution is -2.50. The molecule has 0 radical (unpaired) electrons. The Morgan fingerprint density at radius 2 is 1.47 bits per heavy atom. The predicted molar refractivity (Wildman–Crippen MR) is 127 cm³/mol. The summed E-state index contributed by atoms with van der Waals surface area (Å²) in [6, 6.07) is 25.1. The number of anilines is 2. The van der Waals surface area contributed by atoms with E-state index in [1.54, 1.807) is 19.2 Å². The molecule has 0 spiro atoms. The van der Waals surface area contributed by atoms with Crippen molar-refractivity contribution in [2.75, 3.05) is 30.8 Å². The Labute approximate surface area is 188 Å². The Morgan fingerprint density at radius 1 is 0.812 bits per heavy atom. The molecule has 4 N–H and O–H groups in total. The van der Waals surface area contributed by atoms with Crippen molar-refractivity contribution >= 4 is 23.3 Å². The van der Waals surface area contributed by atoms with Gasteiger partial charge < -0.3 is 26.0 Å². The highest BCUT2D eigenvalue weighted by Crippen LogP contribution is 2.14.